The topological polar surface area (TPSA) is 108 Å². The zero-order chi connectivity index (χ0) is 19.1. The summed E-state index contributed by atoms with van der Waals surface area (Å²) in [4.78, 5) is 3.99. The molecule has 0 aliphatic carbocycles. The van der Waals surface area contributed by atoms with Crippen molar-refractivity contribution in [2.45, 2.75) is 51.1 Å². The number of halogens is 2. The predicted molar refractivity (Wildman–Crippen MR) is 111 cm³/mol. The van der Waals surface area contributed by atoms with E-state index in [-0.39, 0.29) is 11.5 Å². The first-order valence-electron chi connectivity index (χ1n) is 8.00. The third-order valence-corrected chi connectivity index (χ3v) is 5.58. The first-order chi connectivity index (χ1) is 12.3. The number of aromatic nitrogens is 3. The fourth-order valence-corrected chi connectivity index (χ4v) is 4.61. The van der Waals surface area contributed by atoms with E-state index in [4.69, 9.17) is 16.6 Å². The molecular weight excluding hydrogens is 564 g/mol. The Labute approximate surface area is 179 Å². The highest BCUT2D eigenvalue weighted by Gasteiger charge is 2.60. The van der Waals surface area contributed by atoms with Gasteiger partial charge in [-0.1, -0.05) is 20.8 Å². The molecule has 2 aromatic rings. The molecule has 8 nitrogen and oxygen atoms in total. The van der Waals surface area contributed by atoms with Gasteiger partial charge in [0.05, 0.1) is 11.8 Å². The molecule has 2 N–H and O–H groups in total. The largest absolute Gasteiger partial charge is 0.382 e. The number of nitrogen functional groups attached to an aromatic ring is 1. The van der Waals surface area contributed by atoms with E-state index in [2.05, 4.69) is 36.9 Å². The Kier molecular flexibility index (Phi) is 5.65. The summed E-state index contributed by atoms with van der Waals surface area (Å²) >= 11 is 3.64. The highest BCUT2D eigenvalue weighted by atomic mass is 127. The third-order valence-electron chi connectivity index (χ3n) is 4.44. The summed E-state index contributed by atoms with van der Waals surface area (Å²) in [6.07, 6.45) is 0.713. The highest BCUT2D eigenvalue weighted by molar-refractivity contribution is 14.1. The minimum Gasteiger partial charge on any atom is -0.382 e. The summed E-state index contributed by atoms with van der Waals surface area (Å²) < 4.78 is 19.2. The lowest BCUT2D eigenvalue weighted by Crippen LogP contribution is -2.41. The summed E-state index contributed by atoms with van der Waals surface area (Å²) in [7, 11) is 0. The van der Waals surface area contributed by atoms with Crippen LogP contribution in [0.25, 0.3) is 5.52 Å². The van der Waals surface area contributed by atoms with Crippen LogP contribution in [0.1, 0.15) is 32.9 Å². The summed E-state index contributed by atoms with van der Waals surface area (Å²) in [6, 6.07) is 5.86. The fourth-order valence-electron chi connectivity index (χ4n) is 3.37. The Morgan fingerprint density at radius 2 is 2.12 bits per heavy atom. The normalized spacial score (nSPS) is 29.2. The van der Waals surface area contributed by atoms with Gasteiger partial charge in [-0.3, -0.25) is 0 Å². The molecule has 0 amide bonds. The van der Waals surface area contributed by atoms with Crippen molar-refractivity contribution in [1.82, 2.24) is 14.6 Å². The van der Waals surface area contributed by atoms with Gasteiger partial charge < -0.3 is 16.6 Å². The fraction of sp³-hybridized carbons (Fsp3) is 0.562. The van der Waals surface area contributed by atoms with E-state index >= 15 is 0 Å². The maximum Gasteiger partial charge on any atom is 0.226 e. The molecule has 3 heterocycles. The van der Waals surface area contributed by atoms with Crippen LogP contribution in [0.2, 0.25) is 0 Å². The quantitative estimate of drug-likeness (QED) is 0.551. The Bertz CT molecular complexity index is 847. The van der Waals surface area contributed by atoms with E-state index in [1.807, 2.05) is 23.0 Å². The van der Waals surface area contributed by atoms with Crippen molar-refractivity contribution in [3.63, 3.8) is 0 Å². The summed E-state index contributed by atoms with van der Waals surface area (Å²) in [6.45, 7) is 6.36. The molecule has 0 aromatic carbocycles. The Balaban J connectivity index is 2.14. The molecule has 4 atom stereocenters. The number of hydrogen-bond donors (Lipinski definition) is 1. The molecule has 4 unspecified atom stereocenters. The van der Waals surface area contributed by atoms with E-state index in [0.717, 1.165) is 0 Å². The minimum absolute atomic E-state index is 0.00667. The van der Waals surface area contributed by atoms with Gasteiger partial charge in [0.25, 0.3) is 0 Å². The molecule has 1 fully saturated rings. The number of hydrogen-bond acceptors (Lipinski definition) is 7. The molecule has 3 rings (SSSR count). The van der Waals surface area contributed by atoms with Gasteiger partial charge in [0, 0.05) is 0 Å². The van der Waals surface area contributed by atoms with Crippen molar-refractivity contribution in [1.29, 1.82) is 5.26 Å². The molecule has 1 aliphatic heterocycles. The van der Waals surface area contributed by atoms with Gasteiger partial charge in [0.15, 0.2) is 5.82 Å². The number of nitrogens with zero attached hydrogens (tertiary/aromatic N) is 4. The lowest BCUT2D eigenvalue weighted by Gasteiger charge is -2.26. The average molecular weight is 583 g/mol. The molecule has 10 heteroatoms. The van der Waals surface area contributed by atoms with E-state index in [9.17, 15) is 5.26 Å². The lowest BCUT2D eigenvalue weighted by molar-refractivity contribution is -0.0495. The summed E-state index contributed by atoms with van der Waals surface area (Å²) in [5.41, 5.74) is 5.70. The van der Waals surface area contributed by atoms with Crippen molar-refractivity contribution in [2.24, 2.45) is 5.41 Å². The molecule has 0 radical (unpaired) electrons. The Morgan fingerprint density at radius 1 is 1.38 bits per heavy atom. The lowest BCUT2D eigenvalue weighted by atomic mass is 9.86. The minimum atomic E-state index is -1.37. The smallest absolute Gasteiger partial charge is 0.226 e. The van der Waals surface area contributed by atoms with Crippen LogP contribution in [0, 0.1) is 16.7 Å². The van der Waals surface area contributed by atoms with Gasteiger partial charge in [-0.05, 0) is 24.0 Å². The van der Waals surface area contributed by atoms with Gasteiger partial charge in [0.2, 0.25) is 5.60 Å². The second-order valence-electron chi connectivity index (χ2n) is 7.49. The number of fused-ring (bicyclic) bond motifs is 1. The molecule has 0 saturated carbocycles. The molecule has 0 bridgehead atoms. The van der Waals surface area contributed by atoms with Crippen molar-refractivity contribution in [2.75, 3.05) is 5.73 Å². The first kappa shape index (κ1) is 20.0. The van der Waals surface area contributed by atoms with Crippen LogP contribution in [0.4, 0.5) is 5.82 Å². The van der Waals surface area contributed by atoms with Crippen LogP contribution in [0.5, 0.6) is 0 Å². The van der Waals surface area contributed by atoms with E-state index in [1.54, 1.807) is 39.7 Å². The first-order valence-corrected chi connectivity index (χ1v) is 9.76. The van der Waals surface area contributed by atoms with Crippen LogP contribution in [-0.4, -0.2) is 32.9 Å². The number of nitrogens with two attached hydrogens (primary N) is 1. The monoisotopic (exact) mass is 583 g/mol. The SMILES string of the molecule is CC(C)(C)CC1OC(C#N)(c2ccc3c(N)ncnn23)C(OI)C1OI. The number of rotatable bonds is 4. The zero-order valence-corrected chi connectivity index (χ0v) is 18.8. The number of anilines is 1. The van der Waals surface area contributed by atoms with Gasteiger partial charge in [-0.25, -0.2) is 9.50 Å². The van der Waals surface area contributed by atoms with Crippen LogP contribution in [0.3, 0.4) is 0 Å². The van der Waals surface area contributed by atoms with Crippen LogP contribution in [0.15, 0.2) is 18.5 Å². The Morgan fingerprint density at radius 3 is 2.69 bits per heavy atom. The molecule has 140 valence electrons. The van der Waals surface area contributed by atoms with E-state index in [0.29, 0.717) is 23.4 Å². The van der Waals surface area contributed by atoms with E-state index < -0.39 is 17.8 Å². The van der Waals surface area contributed by atoms with Crippen molar-refractivity contribution < 1.29 is 10.9 Å². The summed E-state index contributed by atoms with van der Waals surface area (Å²) in [5.74, 6) is 0.331. The molecule has 1 aliphatic rings. The summed E-state index contributed by atoms with van der Waals surface area (Å²) in [5, 5.41) is 14.4. The number of nitriles is 1. The number of ether oxygens (including phenoxy) is 1. The van der Waals surface area contributed by atoms with Crippen LogP contribution >= 0.6 is 46.0 Å². The van der Waals surface area contributed by atoms with Gasteiger partial charge in [-0.2, -0.15) is 10.4 Å². The van der Waals surface area contributed by atoms with Crippen LogP contribution in [-0.2, 0) is 16.5 Å². The average Bonchev–Trinajstić information content (AvgIpc) is 3.13. The van der Waals surface area contributed by atoms with Gasteiger partial charge in [0.1, 0.15) is 76.1 Å². The second-order valence-corrected chi connectivity index (χ2v) is 8.51. The highest BCUT2D eigenvalue weighted by Crippen LogP contribution is 2.47. The second kappa shape index (κ2) is 7.34. The third kappa shape index (κ3) is 3.28. The standard InChI is InChI=1S/C16H19I2N5O3/c1-15(2,3)6-10-12(25-17)13(26-18)16(7-19,24-10)11-5-4-9-14(20)21-8-22-23(9)11/h4-5,8,10,12-13H,6H2,1-3H3,(H2,20,21,22). The maximum atomic E-state index is 10.1. The van der Waals surface area contributed by atoms with Crippen LogP contribution < -0.4 is 5.73 Å². The zero-order valence-electron chi connectivity index (χ0n) is 14.5. The molecular formula is C16H19I2N5O3. The molecule has 1 saturated heterocycles. The predicted octanol–water partition coefficient (Wildman–Crippen LogP) is 3.34. The molecule has 26 heavy (non-hydrogen) atoms. The van der Waals surface area contributed by atoms with Crippen molar-refractivity contribution >= 4 is 57.3 Å². The molecule has 2 aromatic heterocycles. The van der Waals surface area contributed by atoms with Crippen molar-refractivity contribution in [3.05, 3.63) is 24.2 Å². The Hall–Kier alpha value is -0.750. The van der Waals surface area contributed by atoms with Gasteiger partial charge >= 0.3 is 0 Å². The van der Waals surface area contributed by atoms with E-state index in [1.165, 1.54) is 6.33 Å². The van der Waals surface area contributed by atoms with Crippen molar-refractivity contribution in [3.8, 4) is 6.07 Å². The maximum absolute atomic E-state index is 10.1. The molecule has 0 spiro atoms. The van der Waals surface area contributed by atoms with Gasteiger partial charge in [-0.15, -0.1) is 0 Å².